The summed E-state index contributed by atoms with van der Waals surface area (Å²) < 4.78 is 10.6. The number of halogens is 1. The van der Waals surface area contributed by atoms with Crippen molar-refractivity contribution in [1.82, 2.24) is 4.90 Å². The largest absolute Gasteiger partial charge is 0.454 e. The fourth-order valence-electron chi connectivity index (χ4n) is 3.15. The van der Waals surface area contributed by atoms with E-state index >= 15 is 0 Å². The van der Waals surface area contributed by atoms with Crippen molar-refractivity contribution in [2.75, 3.05) is 30.9 Å². The molecule has 0 saturated carbocycles. The fourth-order valence-corrected chi connectivity index (χ4v) is 3.15. The molecule has 26 heavy (non-hydrogen) atoms. The zero-order chi connectivity index (χ0) is 18.2. The summed E-state index contributed by atoms with van der Waals surface area (Å²) >= 11 is 0. The standard InChI is InChI=1S/C18H25N3O4.ClH/c1-18(2,3)17(23)21-6-4-5-11(9-21)16(22)20-13-8-15-14(7-12(13)19)24-10-25-15;/h7-8,11H,4-6,9-10,19H2,1-3H3,(H,20,22);1H. The first-order valence-corrected chi connectivity index (χ1v) is 8.55. The highest BCUT2D eigenvalue weighted by molar-refractivity contribution is 5.96. The molecule has 1 atom stereocenters. The van der Waals surface area contributed by atoms with Crippen molar-refractivity contribution >= 4 is 35.6 Å². The summed E-state index contributed by atoms with van der Waals surface area (Å²) in [4.78, 5) is 26.9. The minimum Gasteiger partial charge on any atom is -0.454 e. The number of hydrogen-bond donors (Lipinski definition) is 2. The second-order valence-electron chi connectivity index (χ2n) is 7.62. The second-order valence-corrected chi connectivity index (χ2v) is 7.62. The summed E-state index contributed by atoms with van der Waals surface area (Å²) in [6.45, 7) is 6.97. The Labute approximate surface area is 159 Å². The van der Waals surface area contributed by atoms with Gasteiger partial charge in [-0.05, 0) is 12.8 Å². The molecule has 1 unspecified atom stereocenters. The van der Waals surface area contributed by atoms with Crippen LogP contribution in [0.15, 0.2) is 12.1 Å². The van der Waals surface area contributed by atoms with Crippen molar-refractivity contribution in [3.05, 3.63) is 12.1 Å². The molecule has 1 aromatic carbocycles. The molecule has 1 fully saturated rings. The Morgan fingerprint density at radius 3 is 2.54 bits per heavy atom. The Morgan fingerprint density at radius 1 is 1.23 bits per heavy atom. The summed E-state index contributed by atoms with van der Waals surface area (Å²) in [5.41, 5.74) is 6.48. The van der Waals surface area contributed by atoms with Gasteiger partial charge < -0.3 is 25.4 Å². The number of ether oxygens (including phenoxy) is 2. The monoisotopic (exact) mass is 383 g/mol. The van der Waals surface area contributed by atoms with E-state index in [1.165, 1.54) is 0 Å². The maximum absolute atomic E-state index is 12.7. The van der Waals surface area contributed by atoms with E-state index in [1.54, 1.807) is 17.0 Å². The van der Waals surface area contributed by atoms with Crippen molar-refractivity contribution in [2.45, 2.75) is 33.6 Å². The predicted molar refractivity (Wildman–Crippen MR) is 102 cm³/mol. The van der Waals surface area contributed by atoms with Crippen LogP contribution in [0.3, 0.4) is 0 Å². The molecule has 2 heterocycles. The number of likely N-dealkylation sites (tertiary alicyclic amines) is 1. The number of fused-ring (bicyclic) bond motifs is 1. The third kappa shape index (κ3) is 4.15. The maximum atomic E-state index is 12.7. The molecule has 0 bridgehead atoms. The minimum atomic E-state index is -0.444. The van der Waals surface area contributed by atoms with Crippen molar-refractivity contribution in [1.29, 1.82) is 0 Å². The number of nitrogens with one attached hydrogen (secondary N) is 1. The highest BCUT2D eigenvalue weighted by Gasteiger charge is 2.33. The molecular formula is C18H26ClN3O4. The highest BCUT2D eigenvalue weighted by atomic mass is 35.5. The highest BCUT2D eigenvalue weighted by Crippen LogP contribution is 2.38. The Kier molecular flexibility index (Phi) is 5.91. The molecule has 3 rings (SSSR count). The van der Waals surface area contributed by atoms with Crippen molar-refractivity contribution in [3.8, 4) is 11.5 Å². The van der Waals surface area contributed by atoms with Gasteiger partial charge in [0.1, 0.15) is 0 Å². The van der Waals surface area contributed by atoms with E-state index < -0.39 is 5.41 Å². The average Bonchev–Trinajstić information content (AvgIpc) is 3.00. The van der Waals surface area contributed by atoms with E-state index in [0.29, 0.717) is 36.0 Å². The molecule has 0 aliphatic carbocycles. The number of nitrogens with two attached hydrogens (primary N) is 1. The third-order valence-electron chi connectivity index (χ3n) is 4.52. The lowest BCUT2D eigenvalue weighted by Gasteiger charge is -2.35. The maximum Gasteiger partial charge on any atom is 0.231 e. The number of nitrogen functional groups attached to an aromatic ring is 1. The van der Waals surface area contributed by atoms with Crippen molar-refractivity contribution < 1.29 is 19.1 Å². The van der Waals surface area contributed by atoms with E-state index in [0.717, 1.165) is 12.8 Å². The van der Waals surface area contributed by atoms with E-state index in [1.807, 2.05) is 20.8 Å². The lowest BCUT2D eigenvalue weighted by atomic mass is 9.91. The van der Waals surface area contributed by atoms with Gasteiger partial charge in [-0.1, -0.05) is 20.8 Å². The topological polar surface area (TPSA) is 93.9 Å². The van der Waals surface area contributed by atoms with Crippen LogP contribution in [0.5, 0.6) is 11.5 Å². The molecule has 1 saturated heterocycles. The number of piperidine rings is 1. The van der Waals surface area contributed by atoms with Crippen LogP contribution in [0.2, 0.25) is 0 Å². The molecule has 2 amide bonds. The normalized spacial score (nSPS) is 18.9. The molecule has 0 spiro atoms. The molecule has 0 aromatic heterocycles. The van der Waals surface area contributed by atoms with E-state index in [2.05, 4.69) is 5.32 Å². The van der Waals surface area contributed by atoms with Crippen LogP contribution >= 0.6 is 12.4 Å². The number of carbonyl (C=O) groups excluding carboxylic acids is 2. The second kappa shape index (κ2) is 7.61. The lowest BCUT2D eigenvalue weighted by molar-refractivity contribution is -0.142. The van der Waals surface area contributed by atoms with Gasteiger partial charge in [-0.3, -0.25) is 9.59 Å². The first-order chi connectivity index (χ1) is 11.8. The van der Waals surface area contributed by atoms with Crippen molar-refractivity contribution in [2.24, 2.45) is 11.3 Å². The summed E-state index contributed by atoms with van der Waals surface area (Å²) in [5, 5.41) is 2.87. The molecule has 2 aliphatic heterocycles. The average molecular weight is 384 g/mol. The van der Waals surface area contributed by atoms with Gasteiger partial charge in [-0.25, -0.2) is 0 Å². The predicted octanol–water partition coefficient (Wildman–Crippen LogP) is 2.64. The van der Waals surface area contributed by atoms with E-state index in [9.17, 15) is 9.59 Å². The van der Waals surface area contributed by atoms with Gasteiger partial charge in [0.25, 0.3) is 0 Å². The van der Waals surface area contributed by atoms with Gasteiger partial charge in [0, 0.05) is 30.6 Å². The number of benzene rings is 1. The third-order valence-corrected chi connectivity index (χ3v) is 4.52. The van der Waals surface area contributed by atoms with Gasteiger partial charge in [0.15, 0.2) is 11.5 Å². The van der Waals surface area contributed by atoms with Crippen LogP contribution in [0.25, 0.3) is 0 Å². The van der Waals surface area contributed by atoms with Gasteiger partial charge >= 0.3 is 0 Å². The number of carbonyl (C=O) groups is 2. The number of rotatable bonds is 2. The van der Waals surface area contributed by atoms with Crippen LogP contribution < -0.4 is 20.5 Å². The smallest absolute Gasteiger partial charge is 0.231 e. The molecular weight excluding hydrogens is 358 g/mol. The number of anilines is 2. The first kappa shape index (κ1) is 20.2. The molecule has 7 nitrogen and oxygen atoms in total. The molecule has 8 heteroatoms. The van der Waals surface area contributed by atoms with Crippen LogP contribution in [0.1, 0.15) is 33.6 Å². The zero-order valence-electron chi connectivity index (χ0n) is 15.3. The Balaban J connectivity index is 0.00000243. The minimum absolute atomic E-state index is 0. The van der Waals surface area contributed by atoms with Crippen LogP contribution in [-0.4, -0.2) is 36.6 Å². The quantitative estimate of drug-likeness (QED) is 0.765. The van der Waals surface area contributed by atoms with Gasteiger partial charge in [0.2, 0.25) is 18.6 Å². The zero-order valence-corrected chi connectivity index (χ0v) is 16.1. The van der Waals surface area contributed by atoms with Crippen LogP contribution in [0, 0.1) is 11.3 Å². The molecule has 3 N–H and O–H groups in total. The van der Waals surface area contributed by atoms with Crippen LogP contribution in [0.4, 0.5) is 11.4 Å². The lowest BCUT2D eigenvalue weighted by Crippen LogP contribution is -2.47. The summed E-state index contributed by atoms with van der Waals surface area (Å²) in [6, 6.07) is 3.32. The summed E-state index contributed by atoms with van der Waals surface area (Å²) in [5.74, 6) is 0.849. The Hall–Kier alpha value is -2.15. The van der Waals surface area contributed by atoms with Gasteiger partial charge in [-0.15, -0.1) is 12.4 Å². The van der Waals surface area contributed by atoms with Gasteiger partial charge in [-0.2, -0.15) is 0 Å². The fraction of sp³-hybridized carbons (Fsp3) is 0.556. The van der Waals surface area contributed by atoms with E-state index in [4.69, 9.17) is 15.2 Å². The summed E-state index contributed by atoms with van der Waals surface area (Å²) in [7, 11) is 0. The first-order valence-electron chi connectivity index (χ1n) is 8.55. The van der Waals surface area contributed by atoms with Crippen molar-refractivity contribution in [3.63, 3.8) is 0 Å². The van der Waals surface area contributed by atoms with Gasteiger partial charge in [0.05, 0.1) is 17.3 Å². The number of amides is 2. The Bertz CT molecular complexity index is 702. The number of hydrogen-bond acceptors (Lipinski definition) is 5. The SMILES string of the molecule is CC(C)(C)C(=O)N1CCCC(C(=O)Nc2cc3c(cc2N)OCO3)C1.Cl. The van der Waals surface area contributed by atoms with E-state index in [-0.39, 0.29) is 36.9 Å². The Morgan fingerprint density at radius 2 is 1.88 bits per heavy atom. The molecule has 1 aromatic rings. The molecule has 0 radical (unpaired) electrons. The summed E-state index contributed by atoms with van der Waals surface area (Å²) in [6.07, 6.45) is 1.57. The number of nitrogens with zero attached hydrogens (tertiary/aromatic N) is 1. The van der Waals surface area contributed by atoms with Crippen LogP contribution in [-0.2, 0) is 9.59 Å². The molecule has 2 aliphatic rings. The molecule has 144 valence electrons.